The van der Waals surface area contributed by atoms with Crippen molar-refractivity contribution in [3.05, 3.63) is 64.2 Å². The molecule has 0 fully saturated rings. The lowest BCUT2D eigenvalue weighted by Gasteiger charge is -2.04. The molecule has 0 aliphatic carbocycles. The number of hydrogen-bond acceptors (Lipinski definition) is 3. The second kappa shape index (κ2) is 5.71. The third-order valence-electron chi connectivity index (χ3n) is 2.91. The minimum absolute atomic E-state index is 0.272. The summed E-state index contributed by atoms with van der Waals surface area (Å²) in [6, 6.07) is 6.99. The molecule has 106 valence electrons. The van der Waals surface area contributed by atoms with Gasteiger partial charge in [0.2, 0.25) is 5.78 Å². The second-order valence-electron chi connectivity index (χ2n) is 4.38. The molecule has 7 heteroatoms. The zero-order valence-corrected chi connectivity index (χ0v) is 12.3. The molecule has 0 aliphatic rings. The Labute approximate surface area is 130 Å². The van der Waals surface area contributed by atoms with E-state index in [0.29, 0.717) is 28.1 Å². The van der Waals surface area contributed by atoms with Gasteiger partial charge < -0.3 is 5.32 Å². The van der Waals surface area contributed by atoms with Crippen molar-refractivity contribution in [3.8, 4) is 0 Å². The van der Waals surface area contributed by atoms with Gasteiger partial charge in [-0.2, -0.15) is 0 Å². The van der Waals surface area contributed by atoms with E-state index in [0.717, 1.165) is 5.56 Å². The first-order chi connectivity index (χ1) is 10.1. The Balaban J connectivity index is 1.72. The van der Waals surface area contributed by atoms with Crippen LogP contribution < -0.4 is 5.32 Å². The minimum atomic E-state index is -0.272. The first kappa shape index (κ1) is 13.9. The van der Waals surface area contributed by atoms with Gasteiger partial charge in [0.05, 0.1) is 10.0 Å². The Bertz CT molecular complexity index is 783. The van der Waals surface area contributed by atoms with Crippen LogP contribution in [0.5, 0.6) is 0 Å². The molecular weight excluding hydrogens is 311 g/mol. The molecule has 3 rings (SSSR count). The third-order valence-corrected chi connectivity index (χ3v) is 3.64. The average molecular weight is 321 g/mol. The fourth-order valence-electron chi connectivity index (χ4n) is 1.86. The highest BCUT2D eigenvalue weighted by Gasteiger charge is 2.11. The summed E-state index contributed by atoms with van der Waals surface area (Å²) >= 11 is 11.8. The van der Waals surface area contributed by atoms with E-state index in [1.54, 1.807) is 47.3 Å². The van der Waals surface area contributed by atoms with Crippen LogP contribution in [0.25, 0.3) is 5.78 Å². The maximum Gasteiger partial charge on any atom is 0.271 e. The van der Waals surface area contributed by atoms with Gasteiger partial charge in [-0.15, -0.1) is 0 Å². The van der Waals surface area contributed by atoms with Crippen molar-refractivity contribution < 1.29 is 4.79 Å². The summed E-state index contributed by atoms with van der Waals surface area (Å²) in [5.74, 6) is 0.212. The molecule has 0 bridgehead atoms. The number of halogens is 2. The molecule has 0 radical (unpaired) electrons. The standard InChI is InChI=1S/C14H10Cl2N4O/c15-10-3-2-9(6-11(10)16)7-18-13(21)12-8-20-5-1-4-17-14(20)19-12/h1-6,8H,7H2,(H,18,21). The topological polar surface area (TPSA) is 59.3 Å². The van der Waals surface area contributed by atoms with Gasteiger partial charge in [-0.3, -0.25) is 9.20 Å². The van der Waals surface area contributed by atoms with Crippen molar-refractivity contribution in [2.45, 2.75) is 6.54 Å². The number of nitrogens with one attached hydrogen (secondary N) is 1. The molecule has 1 aromatic carbocycles. The van der Waals surface area contributed by atoms with Gasteiger partial charge in [-0.05, 0) is 23.8 Å². The van der Waals surface area contributed by atoms with E-state index >= 15 is 0 Å². The molecule has 21 heavy (non-hydrogen) atoms. The van der Waals surface area contributed by atoms with E-state index in [1.165, 1.54) is 0 Å². The van der Waals surface area contributed by atoms with E-state index in [9.17, 15) is 4.79 Å². The van der Waals surface area contributed by atoms with E-state index in [2.05, 4.69) is 15.3 Å². The second-order valence-corrected chi connectivity index (χ2v) is 5.20. The van der Waals surface area contributed by atoms with Gasteiger partial charge >= 0.3 is 0 Å². The van der Waals surface area contributed by atoms with Gasteiger partial charge in [0, 0.05) is 25.1 Å². The van der Waals surface area contributed by atoms with Crippen LogP contribution in [0.3, 0.4) is 0 Å². The highest BCUT2D eigenvalue weighted by Crippen LogP contribution is 2.22. The normalized spacial score (nSPS) is 10.8. The summed E-state index contributed by atoms with van der Waals surface area (Å²) in [5.41, 5.74) is 1.17. The lowest BCUT2D eigenvalue weighted by Crippen LogP contribution is -2.23. The number of rotatable bonds is 3. The predicted octanol–water partition coefficient (Wildman–Crippen LogP) is 2.97. The molecule has 0 unspecified atom stereocenters. The van der Waals surface area contributed by atoms with Crippen molar-refractivity contribution in [2.75, 3.05) is 0 Å². The molecule has 1 N–H and O–H groups in total. The van der Waals surface area contributed by atoms with Crippen LogP contribution >= 0.6 is 23.2 Å². The maximum atomic E-state index is 12.1. The van der Waals surface area contributed by atoms with Crippen LogP contribution in [0.4, 0.5) is 0 Å². The number of fused-ring (bicyclic) bond motifs is 1. The maximum absolute atomic E-state index is 12.1. The fourth-order valence-corrected chi connectivity index (χ4v) is 2.18. The predicted molar refractivity (Wildman–Crippen MR) is 80.6 cm³/mol. The van der Waals surface area contributed by atoms with E-state index < -0.39 is 0 Å². The van der Waals surface area contributed by atoms with Crippen LogP contribution in [0.15, 0.2) is 42.9 Å². The highest BCUT2D eigenvalue weighted by molar-refractivity contribution is 6.42. The summed E-state index contributed by atoms with van der Waals surface area (Å²) in [6.45, 7) is 0.344. The monoisotopic (exact) mass is 320 g/mol. The van der Waals surface area contributed by atoms with Gasteiger partial charge in [-0.25, -0.2) is 9.97 Å². The number of hydrogen-bond donors (Lipinski definition) is 1. The molecule has 0 saturated heterocycles. The molecule has 2 aromatic heterocycles. The Kier molecular flexibility index (Phi) is 3.77. The number of nitrogens with zero attached hydrogens (tertiary/aromatic N) is 3. The van der Waals surface area contributed by atoms with Crippen molar-refractivity contribution in [3.63, 3.8) is 0 Å². The molecule has 5 nitrogen and oxygen atoms in total. The third kappa shape index (κ3) is 2.99. The highest BCUT2D eigenvalue weighted by atomic mass is 35.5. The van der Waals surface area contributed by atoms with Gasteiger partial charge in [0.15, 0.2) is 0 Å². The molecule has 0 saturated carbocycles. The Hall–Kier alpha value is -2.11. The zero-order chi connectivity index (χ0) is 14.8. The molecule has 1 amide bonds. The van der Waals surface area contributed by atoms with Crippen molar-refractivity contribution in [1.82, 2.24) is 19.7 Å². The van der Waals surface area contributed by atoms with Crippen molar-refractivity contribution in [1.29, 1.82) is 0 Å². The lowest BCUT2D eigenvalue weighted by molar-refractivity contribution is 0.0946. The molecule has 0 aliphatic heterocycles. The number of carbonyl (C=O) groups is 1. The lowest BCUT2D eigenvalue weighted by atomic mass is 10.2. The molecule has 3 aromatic rings. The summed E-state index contributed by atoms with van der Waals surface area (Å²) in [4.78, 5) is 20.3. The SMILES string of the molecule is O=C(NCc1ccc(Cl)c(Cl)c1)c1cn2cccnc2n1. The minimum Gasteiger partial charge on any atom is -0.347 e. The summed E-state index contributed by atoms with van der Waals surface area (Å²) in [5, 5.41) is 3.72. The van der Waals surface area contributed by atoms with Crippen LogP contribution in [0, 0.1) is 0 Å². The largest absolute Gasteiger partial charge is 0.347 e. The number of imidazole rings is 1. The summed E-state index contributed by atoms with van der Waals surface area (Å²) < 4.78 is 1.69. The molecule has 2 heterocycles. The number of aromatic nitrogens is 3. The number of carbonyl (C=O) groups excluding carboxylic acids is 1. The number of benzene rings is 1. The van der Waals surface area contributed by atoms with Gasteiger partial charge in [0.1, 0.15) is 5.69 Å². The van der Waals surface area contributed by atoms with Crippen molar-refractivity contribution in [2.24, 2.45) is 0 Å². The number of amides is 1. The average Bonchev–Trinajstić information content (AvgIpc) is 2.92. The zero-order valence-electron chi connectivity index (χ0n) is 10.8. The van der Waals surface area contributed by atoms with Crippen LogP contribution in [-0.2, 0) is 6.54 Å². The summed E-state index contributed by atoms with van der Waals surface area (Å²) in [7, 11) is 0. The van der Waals surface area contributed by atoms with Gasteiger partial charge in [-0.1, -0.05) is 29.3 Å². The smallest absolute Gasteiger partial charge is 0.271 e. The van der Waals surface area contributed by atoms with E-state index in [1.807, 2.05) is 0 Å². The van der Waals surface area contributed by atoms with E-state index in [4.69, 9.17) is 23.2 Å². The van der Waals surface area contributed by atoms with Gasteiger partial charge in [0.25, 0.3) is 5.91 Å². The Morgan fingerprint density at radius 3 is 2.90 bits per heavy atom. The summed E-state index contributed by atoms with van der Waals surface area (Å²) in [6.07, 6.45) is 5.04. The van der Waals surface area contributed by atoms with E-state index in [-0.39, 0.29) is 5.91 Å². The van der Waals surface area contributed by atoms with Crippen molar-refractivity contribution >= 4 is 34.9 Å². The Morgan fingerprint density at radius 1 is 1.29 bits per heavy atom. The van der Waals surface area contributed by atoms with Crippen LogP contribution in [0.2, 0.25) is 10.0 Å². The molecular formula is C14H10Cl2N4O. The van der Waals surface area contributed by atoms with Crippen LogP contribution in [-0.4, -0.2) is 20.3 Å². The first-order valence-corrected chi connectivity index (χ1v) is 6.91. The quantitative estimate of drug-likeness (QED) is 0.807. The first-order valence-electron chi connectivity index (χ1n) is 6.15. The fraction of sp³-hybridized carbons (Fsp3) is 0.0714. The molecule has 0 spiro atoms. The molecule has 0 atom stereocenters. The van der Waals surface area contributed by atoms with Crippen LogP contribution in [0.1, 0.15) is 16.1 Å². The Morgan fingerprint density at radius 2 is 2.14 bits per heavy atom.